The van der Waals surface area contributed by atoms with Crippen LogP contribution in [0.3, 0.4) is 0 Å². The maximum atomic E-state index is 12.1. The number of amides is 1. The fourth-order valence-corrected chi connectivity index (χ4v) is 4.10. The van der Waals surface area contributed by atoms with Gasteiger partial charge in [-0.25, -0.2) is 19.9 Å². The molecular weight excluding hydrogens is 366 g/mol. The van der Waals surface area contributed by atoms with Crippen LogP contribution in [0.15, 0.2) is 30.9 Å². The second-order valence-corrected chi connectivity index (χ2v) is 7.29. The first kappa shape index (κ1) is 16.4. The van der Waals surface area contributed by atoms with E-state index in [0.29, 0.717) is 23.0 Å². The first-order valence-corrected chi connectivity index (χ1v) is 9.43. The molecule has 1 unspecified atom stereocenters. The van der Waals surface area contributed by atoms with Gasteiger partial charge in [0, 0.05) is 44.5 Å². The smallest absolute Gasteiger partial charge is 0.222 e. The van der Waals surface area contributed by atoms with Crippen molar-refractivity contribution in [2.75, 3.05) is 24.5 Å². The molecule has 0 aromatic carbocycles. The van der Waals surface area contributed by atoms with Crippen LogP contribution < -0.4 is 4.90 Å². The van der Waals surface area contributed by atoms with Gasteiger partial charge in [0.25, 0.3) is 0 Å². The topological polar surface area (TPSA) is 79.5 Å². The highest BCUT2D eigenvalue weighted by molar-refractivity contribution is 6.29. The third-order valence-corrected chi connectivity index (χ3v) is 5.48. The van der Waals surface area contributed by atoms with Crippen molar-refractivity contribution in [3.8, 4) is 11.5 Å². The zero-order valence-electron chi connectivity index (χ0n) is 14.6. The van der Waals surface area contributed by atoms with Gasteiger partial charge in [0.1, 0.15) is 16.7 Å². The minimum atomic E-state index is 0.277. The summed E-state index contributed by atoms with van der Waals surface area (Å²) in [6.07, 6.45) is 9.53. The first-order chi connectivity index (χ1) is 13.2. The van der Waals surface area contributed by atoms with Gasteiger partial charge in [-0.3, -0.25) is 9.20 Å². The number of anilines is 1. The Kier molecular flexibility index (Phi) is 3.93. The van der Waals surface area contributed by atoms with Crippen LogP contribution >= 0.6 is 11.6 Å². The molecule has 0 saturated carbocycles. The van der Waals surface area contributed by atoms with Crippen LogP contribution in [0.1, 0.15) is 19.3 Å². The molecule has 3 aromatic rings. The Morgan fingerprint density at radius 3 is 3.00 bits per heavy atom. The highest BCUT2D eigenvalue weighted by Gasteiger charge is 2.33. The van der Waals surface area contributed by atoms with E-state index in [0.717, 1.165) is 44.0 Å². The summed E-state index contributed by atoms with van der Waals surface area (Å²) in [4.78, 5) is 33.9. The molecule has 1 amide bonds. The van der Waals surface area contributed by atoms with Crippen molar-refractivity contribution in [3.63, 3.8) is 0 Å². The lowest BCUT2D eigenvalue weighted by molar-refractivity contribution is -0.136. The van der Waals surface area contributed by atoms with E-state index in [4.69, 9.17) is 16.6 Å². The van der Waals surface area contributed by atoms with Gasteiger partial charge < -0.3 is 9.80 Å². The summed E-state index contributed by atoms with van der Waals surface area (Å²) < 4.78 is 1.84. The number of piperazine rings is 1. The number of rotatable bonds is 2. The number of nitrogens with zero attached hydrogens (tertiary/aromatic N) is 7. The van der Waals surface area contributed by atoms with Crippen LogP contribution in [0.25, 0.3) is 17.2 Å². The van der Waals surface area contributed by atoms with E-state index < -0.39 is 0 Å². The number of piperidine rings is 1. The Morgan fingerprint density at radius 2 is 2.07 bits per heavy atom. The zero-order valence-corrected chi connectivity index (χ0v) is 15.4. The number of hydrogen-bond acceptors (Lipinski definition) is 6. The van der Waals surface area contributed by atoms with Crippen molar-refractivity contribution >= 4 is 29.0 Å². The highest BCUT2D eigenvalue weighted by atomic mass is 35.5. The number of carbonyl (C=O) groups is 1. The Labute approximate surface area is 160 Å². The average Bonchev–Trinajstić information content (AvgIpc) is 3.11. The van der Waals surface area contributed by atoms with Crippen LogP contribution in [0, 0.1) is 0 Å². The molecule has 2 saturated heterocycles. The minimum absolute atomic E-state index is 0.277. The Hall–Kier alpha value is -2.74. The summed E-state index contributed by atoms with van der Waals surface area (Å²) in [5.41, 5.74) is 1.46. The number of halogens is 1. The third kappa shape index (κ3) is 2.90. The average molecular weight is 384 g/mol. The molecular formula is C18H18ClN7O. The van der Waals surface area contributed by atoms with Crippen molar-refractivity contribution in [1.29, 1.82) is 0 Å². The second kappa shape index (κ2) is 6.45. The molecule has 2 aliphatic heterocycles. The lowest BCUT2D eigenvalue weighted by Gasteiger charge is -2.44. The van der Waals surface area contributed by atoms with Crippen LogP contribution in [0.2, 0.25) is 5.15 Å². The Bertz CT molecular complexity index is 1020. The third-order valence-electron chi connectivity index (χ3n) is 5.29. The summed E-state index contributed by atoms with van der Waals surface area (Å²) in [6.45, 7) is 2.34. The highest BCUT2D eigenvalue weighted by Crippen LogP contribution is 2.26. The maximum Gasteiger partial charge on any atom is 0.222 e. The zero-order chi connectivity index (χ0) is 18.4. The first-order valence-electron chi connectivity index (χ1n) is 9.05. The quantitative estimate of drug-likeness (QED) is 0.673. The Morgan fingerprint density at radius 1 is 1.15 bits per heavy atom. The molecule has 5 heterocycles. The molecule has 0 N–H and O–H groups in total. The van der Waals surface area contributed by atoms with Gasteiger partial charge in [-0.15, -0.1) is 0 Å². The summed E-state index contributed by atoms with van der Waals surface area (Å²) in [7, 11) is 0. The Balaban J connectivity index is 1.45. The molecule has 8 nitrogen and oxygen atoms in total. The number of aromatic nitrogens is 5. The summed E-state index contributed by atoms with van der Waals surface area (Å²) in [5.74, 6) is 1.74. The number of hydrogen-bond donors (Lipinski definition) is 0. The summed E-state index contributed by atoms with van der Waals surface area (Å²) in [5, 5.41) is 0.385. The molecule has 0 bridgehead atoms. The van der Waals surface area contributed by atoms with Crippen molar-refractivity contribution in [2.24, 2.45) is 0 Å². The van der Waals surface area contributed by atoms with Crippen LogP contribution in [0.5, 0.6) is 0 Å². The molecule has 0 radical (unpaired) electrons. The fraction of sp³-hybridized carbons (Fsp3) is 0.389. The number of imidazole rings is 1. The van der Waals surface area contributed by atoms with E-state index >= 15 is 0 Å². The van der Waals surface area contributed by atoms with Gasteiger partial charge in [0.2, 0.25) is 5.91 Å². The lowest BCUT2D eigenvalue weighted by Crippen LogP contribution is -2.57. The van der Waals surface area contributed by atoms with Gasteiger partial charge >= 0.3 is 0 Å². The molecule has 0 spiro atoms. The normalized spacial score (nSPS) is 20.2. The molecule has 2 fully saturated rings. The molecule has 5 rings (SSSR count). The van der Waals surface area contributed by atoms with Gasteiger partial charge in [-0.05, 0) is 18.9 Å². The minimum Gasteiger partial charge on any atom is -0.353 e. The predicted molar refractivity (Wildman–Crippen MR) is 101 cm³/mol. The van der Waals surface area contributed by atoms with Crippen LogP contribution in [-0.2, 0) is 4.79 Å². The monoisotopic (exact) mass is 383 g/mol. The van der Waals surface area contributed by atoms with Crippen molar-refractivity contribution < 1.29 is 4.79 Å². The molecule has 9 heteroatoms. The molecule has 2 aliphatic rings. The van der Waals surface area contributed by atoms with Crippen LogP contribution in [-0.4, -0.2) is 60.8 Å². The standard InChI is InChI=1S/C18H18ClN7O/c19-14-11-26-13(8-22-16(26)9-21-14)18-20-5-4-15(23-18)24-6-7-25-12(10-24)2-1-3-17(25)27/h4-5,8-9,11-12H,1-3,6-7,10H2. The number of fused-ring (bicyclic) bond motifs is 2. The number of carbonyl (C=O) groups excluding carboxylic acids is 1. The predicted octanol–water partition coefficient (Wildman–Crippen LogP) is 2.04. The van der Waals surface area contributed by atoms with E-state index in [1.54, 1.807) is 24.8 Å². The molecule has 27 heavy (non-hydrogen) atoms. The fourth-order valence-electron chi connectivity index (χ4n) is 3.95. The van der Waals surface area contributed by atoms with E-state index in [2.05, 4.69) is 19.9 Å². The van der Waals surface area contributed by atoms with Gasteiger partial charge in [-0.1, -0.05) is 11.6 Å². The largest absolute Gasteiger partial charge is 0.353 e. The summed E-state index contributed by atoms with van der Waals surface area (Å²) >= 11 is 6.02. The molecule has 0 aliphatic carbocycles. The maximum absolute atomic E-state index is 12.1. The van der Waals surface area contributed by atoms with Crippen molar-refractivity contribution in [2.45, 2.75) is 25.3 Å². The van der Waals surface area contributed by atoms with Crippen LogP contribution in [0.4, 0.5) is 5.82 Å². The SMILES string of the molecule is O=C1CCCC2CN(c3ccnc(-c4cnc5cnc(Cl)cn45)n3)CCN12. The van der Waals surface area contributed by atoms with E-state index in [1.165, 1.54) is 0 Å². The van der Waals surface area contributed by atoms with Gasteiger partial charge in [-0.2, -0.15) is 0 Å². The lowest BCUT2D eigenvalue weighted by atomic mass is 9.99. The molecule has 3 aromatic heterocycles. The summed E-state index contributed by atoms with van der Waals surface area (Å²) in [6, 6.07) is 2.20. The van der Waals surface area contributed by atoms with E-state index in [-0.39, 0.29) is 11.9 Å². The van der Waals surface area contributed by atoms with Gasteiger partial charge in [0.15, 0.2) is 11.5 Å². The second-order valence-electron chi connectivity index (χ2n) is 6.90. The van der Waals surface area contributed by atoms with Gasteiger partial charge in [0.05, 0.1) is 12.4 Å². The molecule has 1 atom stereocenters. The van der Waals surface area contributed by atoms with Crippen molar-refractivity contribution in [1.82, 2.24) is 29.2 Å². The van der Waals surface area contributed by atoms with E-state index in [9.17, 15) is 4.79 Å². The van der Waals surface area contributed by atoms with E-state index in [1.807, 2.05) is 15.4 Å². The molecule has 138 valence electrons. The van der Waals surface area contributed by atoms with Crippen molar-refractivity contribution in [3.05, 3.63) is 36.0 Å².